The van der Waals surface area contributed by atoms with Crippen molar-refractivity contribution in [3.8, 4) is 0 Å². The van der Waals surface area contributed by atoms with Crippen molar-refractivity contribution in [2.45, 2.75) is 11.0 Å². The zero-order valence-electron chi connectivity index (χ0n) is 6.30. The van der Waals surface area contributed by atoms with E-state index in [4.69, 9.17) is 4.55 Å². The van der Waals surface area contributed by atoms with Crippen LogP contribution in [0, 0.1) is 6.92 Å². The van der Waals surface area contributed by atoms with Gasteiger partial charge in [-0.3, -0.25) is 4.55 Å². The van der Waals surface area contributed by atoms with E-state index in [0.29, 0.717) is 0 Å². The summed E-state index contributed by atoms with van der Waals surface area (Å²) in [5.74, 6) is 0. The molecule has 0 amide bonds. The molecule has 0 aliphatic heterocycles. The quantitative estimate of drug-likeness (QED) is 0.398. The zero-order valence-corrected chi connectivity index (χ0v) is 11.1. The number of hydrogen-bond donors (Lipinski definition) is 1. The fourth-order valence-corrected chi connectivity index (χ4v) is 2.22. The fourth-order valence-electron chi connectivity index (χ4n) is 0.442. The van der Waals surface area contributed by atoms with Crippen molar-refractivity contribution < 1.29 is 77.3 Å². The first-order valence-corrected chi connectivity index (χ1v) is 5.37. The summed E-state index contributed by atoms with van der Waals surface area (Å²) in [5.41, 5.74) is 0. The van der Waals surface area contributed by atoms with Crippen molar-refractivity contribution in [1.82, 2.24) is 0 Å². The van der Waals surface area contributed by atoms with Crippen LogP contribution in [0.3, 0.4) is 0 Å². The van der Waals surface area contributed by atoms with E-state index in [1.165, 1.54) is 0 Å². The largest absolute Gasteiger partial charge is 1.00 e. The van der Waals surface area contributed by atoms with Gasteiger partial charge >= 0.3 is 51.4 Å². The Morgan fingerprint density at radius 3 is 1.67 bits per heavy atom. The Balaban J connectivity index is 0. The predicted molar refractivity (Wildman–Crippen MR) is 35.0 cm³/mol. The average Bonchev–Trinajstić information content (AvgIpc) is 1.56. The van der Waals surface area contributed by atoms with Crippen LogP contribution in [0.25, 0.3) is 0 Å². The number of rotatable bonds is 3. The second-order valence-corrected chi connectivity index (χ2v) is 5.18. The van der Waals surface area contributed by atoms with Gasteiger partial charge in [0.25, 0.3) is 10.1 Å². The Morgan fingerprint density at radius 1 is 1.33 bits per heavy atom. The molecule has 0 saturated heterocycles. The van der Waals surface area contributed by atoms with Gasteiger partial charge in [0.2, 0.25) is 0 Å². The van der Waals surface area contributed by atoms with Gasteiger partial charge in [0.1, 0.15) is 10.1 Å². The molecule has 0 rings (SSSR count). The third kappa shape index (κ3) is 5.24. The van der Waals surface area contributed by atoms with E-state index in [0.717, 1.165) is 0 Å². The summed E-state index contributed by atoms with van der Waals surface area (Å²) in [7, 11) is -9.86. The first-order chi connectivity index (χ1) is 4.69. The standard InChI is InChI=1S/C3H7O6S2.K/c1-2-3(10(4,5)6)11(7,8)9;/h3H,1-2H2,(H,4,5,6)(H,7,8,9);/q;+1/p-1. The molecule has 0 aromatic heterocycles. The molecule has 0 aromatic carbocycles. The smallest absolute Gasteiger partial charge is 0.747 e. The van der Waals surface area contributed by atoms with Gasteiger partial charge < -0.3 is 4.55 Å². The summed E-state index contributed by atoms with van der Waals surface area (Å²) in [4.78, 5) is 0. The van der Waals surface area contributed by atoms with Crippen molar-refractivity contribution in [2.75, 3.05) is 0 Å². The zero-order chi connectivity index (χ0) is 9.28. The van der Waals surface area contributed by atoms with Crippen LogP contribution in [0.2, 0.25) is 0 Å². The molecule has 0 heterocycles. The van der Waals surface area contributed by atoms with Crippen molar-refractivity contribution in [3.63, 3.8) is 0 Å². The third-order valence-corrected chi connectivity index (χ3v) is 4.11. The normalized spacial score (nSPS) is 14.9. The van der Waals surface area contributed by atoms with E-state index in [2.05, 4.69) is 6.92 Å². The Bertz CT molecular complexity index is 283. The van der Waals surface area contributed by atoms with E-state index in [-0.39, 0.29) is 51.4 Å². The van der Waals surface area contributed by atoms with Crippen molar-refractivity contribution in [1.29, 1.82) is 0 Å². The van der Waals surface area contributed by atoms with Crippen LogP contribution >= 0.6 is 0 Å². The molecule has 0 fully saturated rings. The minimum Gasteiger partial charge on any atom is -0.747 e. The average molecular weight is 241 g/mol. The van der Waals surface area contributed by atoms with E-state index >= 15 is 0 Å². The van der Waals surface area contributed by atoms with Gasteiger partial charge in [-0.2, -0.15) is 8.42 Å². The molecule has 1 N–H and O–H groups in total. The Kier molecular flexibility index (Phi) is 7.11. The van der Waals surface area contributed by atoms with Crippen LogP contribution < -0.4 is 51.4 Å². The Labute approximate surface area is 114 Å². The Hall–Kier alpha value is 1.46. The van der Waals surface area contributed by atoms with Crippen LogP contribution in [0.5, 0.6) is 0 Å². The molecule has 9 heteroatoms. The summed E-state index contributed by atoms with van der Waals surface area (Å²) in [5, 5.41) is 0. The molecule has 6 nitrogen and oxygen atoms in total. The summed E-state index contributed by atoms with van der Waals surface area (Å²) in [6, 6.07) is 0. The van der Waals surface area contributed by atoms with E-state index in [9.17, 15) is 21.4 Å². The minimum atomic E-state index is -5.02. The molecule has 1 atom stereocenters. The summed E-state index contributed by atoms with van der Waals surface area (Å²) >= 11 is 0. The predicted octanol–water partition coefficient (Wildman–Crippen LogP) is -4.03. The maximum absolute atomic E-state index is 10.1. The molecule has 67 valence electrons. The van der Waals surface area contributed by atoms with Gasteiger partial charge in [0, 0.05) is 0 Å². The van der Waals surface area contributed by atoms with E-state index in [1.54, 1.807) is 0 Å². The molecular weight excluding hydrogens is 235 g/mol. The first kappa shape index (κ1) is 15.9. The monoisotopic (exact) mass is 241 g/mol. The van der Waals surface area contributed by atoms with Crippen LogP contribution in [0.4, 0.5) is 0 Å². The maximum Gasteiger partial charge on any atom is 1.00 e. The second-order valence-electron chi connectivity index (χ2n) is 1.73. The van der Waals surface area contributed by atoms with Crippen LogP contribution in [0.1, 0.15) is 6.42 Å². The Morgan fingerprint density at radius 2 is 1.67 bits per heavy atom. The van der Waals surface area contributed by atoms with Gasteiger partial charge in [-0.25, -0.2) is 8.42 Å². The van der Waals surface area contributed by atoms with Gasteiger partial charge in [0.15, 0.2) is 4.58 Å². The molecule has 0 saturated carbocycles. The topological polar surface area (TPSA) is 112 Å². The summed E-state index contributed by atoms with van der Waals surface area (Å²) in [6.07, 6.45) is -0.704. The van der Waals surface area contributed by atoms with E-state index in [1.807, 2.05) is 0 Å². The SMILES string of the molecule is [CH2]CC(S(=O)(=O)[O-])S(=O)(=O)O.[K+]. The van der Waals surface area contributed by atoms with Crippen molar-refractivity contribution in [2.24, 2.45) is 0 Å². The molecule has 0 bridgehead atoms. The first-order valence-electron chi connectivity index (χ1n) is 2.40. The molecule has 0 aliphatic rings. The molecular formula is C3H6KO6S2. The number of hydrogen-bond acceptors (Lipinski definition) is 5. The van der Waals surface area contributed by atoms with Crippen LogP contribution in [0.15, 0.2) is 0 Å². The van der Waals surface area contributed by atoms with E-state index < -0.39 is 31.2 Å². The molecule has 1 radical (unpaired) electrons. The second kappa shape index (κ2) is 5.37. The van der Waals surface area contributed by atoms with Gasteiger partial charge in [-0.1, -0.05) is 6.92 Å². The van der Waals surface area contributed by atoms with Crippen molar-refractivity contribution >= 4 is 20.2 Å². The summed E-state index contributed by atoms with van der Waals surface area (Å²) in [6.45, 7) is 2.90. The van der Waals surface area contributed by atoms with Gasteiger partial charge in [-0.05, 0) is 6.42 Å². The van der Waals surface area contributed by atoms with Crippen LogP contribution in [-0.2, 0) is 20.2 Å². The molecule has 0 spiro atoms. The van der Waals surface area contributed by atoms with Gasteiger partial charge in [0.05, 0.1) is 0 Å². The molecule has 0 aliphatic carbocycles. The molecule has 1 unspecified atom stereocenters. The molecule has 0 aromatic rings. The van der Waals surface area contributed by atoms with Crippen LogP contribution in [-0.4, -0.2) is 30.5 Å². The molecule has 12 heavy (non-hydrogen) atoms. The minimum absolute atomic E-state index is 0. The summed E-state index contributed by atoms with van der Waals surface area (Å²) < 4.78 is 56.3. The van der Waals surface area contributed by atoms with Gasteiger partial charge in [-0.15, -0.1) is 0 Å². The maximum atomic E-state index is 10.1. The third-order valence-electron chi connectivity index (χ3n) is 0.890. The van der Waals surface area contributed by atoms with Crippen molar-refractivity contribution in [3.05, 3.63) is 6.92 Å². The fraction of sp³-hybridized carbons (Fsp3) is 0.667.